The highest BCUT2D eigenvalue weighted by Gasteiger charge is 2.06. The molecule has 0 aromatic carbocycles. The largest absolute Gasteiger partial charge is 0.253 e. The summed E-state index contributed by atoms with van der Waals surface area (Å²) in [5.41, 5.74) is 3.49. The van der Waals surface area contributed by atoms with E-state index in [1.807, 2.05) is 0 Å². The van der Waals surface area contributed by atoms with Crippen LogP contribution in [0.4, 0.5) is 0 Å². The van der Waals surface area contributed by atoms with Crippen molar-refractivity contribution in [3.63, 3.8) is 0 Å². The van der Waals surface area contributed by atoms with Crippen molar-refractivity contribution >= 4 is 12.2 Å². The zero-order chi connectivity index (χ0) is 10.8. The second-order valence-electron chi connectivity index (χ2n) is 4.44. The molecule has 1 aliphatic rings. The van der Waals surface area contributed by atoms with Gasteiger partial charge in [0.05, 0.1) is 5.69 Å². The first kappa shape index (κ1) is 10.2. The van der Waals surface area contributed by atoms with Crippen LogP contribution in [0.15, 0.2) is 24.3 Å². The lowest BCUT2D eigenvalue weighted by molar-refractivity contribution is 0.820. The van der Waals surface area contributed by atoms with Crippen LogP contribution in [0.5, 0.6) is 0 Å². The van der Waals surface area contributed by atoms with Crippen molar-refractivity contribution in [1.82, 2.24) is 4.98 Å². The summed E-state index contributed by atoms with van der Waals surface area (Å²) < 4.78 is 0. The van der Waals surface area contributed by atoms with Crippen molar-refractivity contribution < 1.29 is 0 Å². The number of pyridine rings is 1. The Kier molecular flexibility index (Phi) is 2.72. The Morgan fingerprint density at radius 1 is 1.13 bits per heavy atom. The van der Waals surface area contributed by atoms with Crippen LogP contribution >= 0.6 is 0 Å². The van der Waals surface area contributed by atoms with E-state index in [0.29, 0.717) is 11.8 Å². The van der Waals surface area contributed by atoms with E-state index < -0.39 is 0 Å². The summed E-state index contributed by atoms with van der Waals surface area (Å²) in [5, 5.41) is 0. The molecule has 1 atom stereocenters. The maximum Gasteiger partial charge on any atom is 0.0702 e. The van der Waals surface area contributed by atoms with Gasteiger partial charge in [-0.3, -0.25) is 4.98 Å². The normalized spacial score (nSPS) is 19.1. The molecule has 1 nitrogen and oxygen atoms in total. The molecule has 1 aromatic rings. The monoisotopic (exact) mass is 199 g/mol. The summed E-state index contributed by atoms with van der Waals surface area (Å²) in [6.45, 7) is 6.53. The molecule has 78 valence electrons. The molecule has 0 fully saturated rings. The molecule has 15 heavy (non-hydrogen) atoms. The SMILES string of the molecule is CC1C=Cc2ccc(C(C)C)nc2C=C1. The molecular weight excluding hydrogens is 182 g/mol. The first-order valence-electron chi connectivity index (χ1n) is 5.54. The number of hydrogen-bond donors (Lipinski definition) is 0. The highest BCUT2D eigenvalue weighted by molar-refractivity contribution is 5.65. The minimum atomic E-state index is 0.494. The quantitative estimate of drug-likeness (QED) is 0.668. The van der Waals surface area contributed by atoms with Gasteiger partial charge in [-0.2, -0.15) is 0 Å². The molecule has 2 rings (SSSR count). The van der Waals surface area contributed by atoms with E-state index in [4.69, 9.17) is 0 Å². The average Bonchev–Trinajstić information content (AvgIpc) is 2.40. The molecule has 1 aliphatic carbocycles. The summed E-state index contributed by atoms with van der Waals surface area (Å²) >= 11 is 0. The molecule has 0 N–H and O–H groups in total. The van der Waals surface area contributed by atoms with Gasteiger partial charge in [0, 0.05) is 5.69 Å². The van der Waals surface area contributed by atoms with Crippen molar-refractivity contribution in [2.75, 3.05) is 0 Å². The second kappa shape index (κ2) is 4.01. The minimum Gasteiger partial charge on any atom is -0.253 e. The lowest BCUT2D eigenvalue weighted by atomic mass is 10.1. The highest BCUT2D eigenvalue weighted by atomic mass is 14.7. The third-order valence-corrected chi connectivity index (χ3v) is 2.71. The Hall–Kier alpha value is -1.37. The number of rotatable bonds is 1. The third-order valence-electron chi connectivity index (χ3n) is 2.71. The number of aromatic nitrogens is 1. The van der Waals surface area contributed by atoms with E-state index in [-0.39, 0.29) is 0 Å². The van der Waals surface area contributed by atoms with Gasteiger partial charge in [-0.15, -0.1) is 0 Å². The average molecular weight is 199 g/mol. The van der Waals surface area contributed by atoms with Crippen molar-refractivity contribution in [1.29, 1.82) is 0 Å². The molecule has 1 heteroatoms. The summed E-state index contributed by atoms with van der Waals surface area (Å²) in [5.74, 6) is 0.995. The van der Waals surface area contributed by atoms with E-state index >= 15 is 0 Å². The van der Waals surface area contributed by atoms with E-state index in [2.05, 4.69) is 62.2 Å². The molecule has 0 bridgehead atoms. The van der Waals surface area contributed by atoms with Crippen LogP contribution in [0, 0.1) is 5.92 Å². The van der Waals surface area contributed by atoms with E-state index in [1.54, 1.807) is 0 Å². The van der Waals surface area contributed by atoms with Crippen LogP contribution < -0.4 is 0 Å². The van der Waals surface area contributed by atoms with Crippen molar-refractivity contribution in [3.8, 4) is 0 Å². The summed E-state index contributed by atoms with van der Waals surface area (Å²) in [6, 6.07) is 4.29. The lowest BCUT2D eigenvalue weighted by Gasteiger charge is -2.07. The van der Waals surface area contributed by atoms with Gasteiger partial charge in [-0.25, -0.2) is 0 Å². The Labute approximate surface area is 91.6 Å². The molecule has 0 amide bonds. The topological polar surface area (TPSA) is 12.9 Å². The second-order valence-corrected chi connectivity index (χ2v) is 4.44. The molecule has 0 saturated carbocycles. The third kappa shape index (κ3) is 2.17. The molecular formula is C14H17N. The van der Waals surface area contributed by atoms with Crippen LogP contribution in [0.3, 0.4) is 0 Å². The predicted octanol–water partition coefficient (Wildman–Crippen LogP) is 3.88. The lowest BCUT2D eigenvalue weighted by Crippen LogP contribution is -1.95. The maximum atomic E-state index is 4.67. The first-order valence-corrected chi connectivity index (χ1v) is 5.54. The molecule has 0 aliphatic heterocycles. The number of hydrogen-bond acceptors (Lipinski definition) is 1. The summed E-state index contributed by atoms with van der Waals surface area (Å²) in [6.07, 6.45) is 8.70. The standard InChI is InChI=1S/C14H17N/c1-10(2)13-9-7-12-6-4-11(3)5-8-14(12)15-13/h4-11H,1-3H3. The fourth-order valence-electron chi connectivity index (χ4n) is 1.66. The Morgan fingerprint density at radius 3 is 2.60 bits per heavy atom. The van der Waals surface area contributed by atoms with Gasteiger partial charge in [-0.1, -0.05) is 45.1 Å². The van der Waals surface area contributed by atoms with Crippen LogP contribution in [-0.2, 0) is 0 Å². The van der Waals surface area contributed by atoms with Gasteiger partial charge in [0.2, 0.25) is 0 Å². The molecule has 0 radical (unpaired) electrons. The van der Waals surface area contributed by atoms with Gasteiger partial charge in [0.25, 0.3) is 0 Å². The van der Waals surface area contributed by atoms with E-state index in [0.717, 1.165) is 5.69 Å². The van der Waals surface area contributed by atoms with E-state index in [1.165, 1.54) is 11.3 Å². The van der Waals surface area contributed by atoms with Crippen LogP contribution in [-0.4, -0.2) is 4.98 Å². The van der Waals surface area contributed by atoms with Gasteiger partial charge in [0.15, 0.2) is 0 Å². The molecule has 1 aromatic heterocycles. The number of nitrogens with zero attached hydrogens (tertiary/aromatic N) is 1. The Bertz CT molecular complexity index is 413. The predicted molar refractivity (Wildman–Crippen MR) is 65.6 cm³/mol. The van der Waals surface area contributed by atoms with Gasteiger partial charge >= 0.3 is 0 Å². The summed E-state index contributed by atoms with van der Waals surface area (Å²) in [7, 11) is 0. The van der Waals surface area contributed by atoms with Crippen LogP contribution in [0.1, 0.15) is 43.6 Å². The Morgan fingerprint density at radius 2 is 1.87 bits per heavy atom. The molecule has 0 saturated heterocycles. The maximum absolute atomic E-state index is 4.67. The van der Waals surface area contributed by atoms with Gasteiger partial charge in [-0.05, 0) is 29.5 Å². The molecule has 1 unspecified atom stereocenters. The van der Waals surface area contributed by atoms with Crippen molar-refractivity contribution in [2.45, 2.75) is 26.7 Å². The smallest absolute Gasteiger partial charge is 0.0702 e. The zero-order valence-electron chi connectivity index (χ0n) is 9.57. The fourth-order valence-corrected chi connectivity index (χ4v) is 1.66. The van der Waals surface area contributed by atoms with Crippen LogP contribution in [0.2, 0.25) is 0 Å². The van der Waals surface area contributed by atoms with Gasteiger partial charge in [0.1, 0.15) is 0 Å². The molecule has 0 spiro atoms. The van der Waals surface area contributed by atoms with Crippen LogP contribution in [0.25, 0.3) is 12.2 Å². The fraction of sp³-hybridized carbons (Fsp3) is 0.357. The highest BCUT2D eigenvalue weighted by Crippen LogP contribution is 2.21. The zero-order valence-corrected chi connectivity index (χ0v) is 9.57. The first-order chi connectivity index (χ1) is 7.16. The van der Waals surface area contributed by atoms with Gasteiger partial charge < -0.3 is 0 Å². The molecule has 1 heterocycles. The minimum absolute atomic E-state index is 0.494. The number of fused-ring (bicyclic) bond motifs is 1. The number of allylic oxidation sites excluding steroid dienone is 2. The van der Waals surface area contributed by atoms with Crippen molar-refractivity contribution in [3.05, 3.63) is 41.2 Å². The Balaban J connectivity index is 2.46. The van der Waals surface area contributed by atoms with Crippen molar-refractivity contribution in [2.24, 2.45) is 5.92 Å². The van der Waals surface area contributed by atoms with E-state index in [9.17, 15) is 0 Å². The summed E-state index contributed by atoms with van der Waals surface area (Å²) in [4.78, 5) is 4.67.